The molecule has 2 N–H and O–H groups in total. The second-order valence-electron chi connectivity index (χ2n) is 13.6. The molecule has 13 heteroatoms. The SMILES string of the molecule is O=C1CC/C=C\CN(CCN2CCOCC2)C(=O)[C@H]2N([C@H](CO)c3ccccc3)C(=O)[C@@H]3[C@@H](C(=O)O[C@@H](c4ccccc4)CN1)[C@@H]1O[C@@]32C=C1Br. The molecule has 3 fully saturated rings. The predicted molar refractivity (Wildman–Crippen MR) is 189 cm³/mol. The van der Waals surface area contributed by atoms with Crippen LogP contribution < -0.4 is 5.32 Å². The van der Waals surface area contributed by atoms with Gasteiger partial charge in [-0.05, 0) is 23.6 Å². The number of hydrogen-bond donors (Lipinski definition) is 2. The molecular formula is C38H43BrN4O8. The average molecular weight is 764 g/mol. The molecule has 7 atom stereocenters. The van der Waals surface area contributed by atoms with Gasteiger partial charge in [-0.2, -0.15) is 0 Å². The molecule has 5 bridgehead atoms. The minimum absolute atomic E-state index is 0.0421. The molecule has 0 radical (unpaired) electrons. The molecule has 12 nitrogen and oxygen atoms in total. The third kappa shape index (κ3) is 6.89. The van der Waals surface area contributed by atoms with Crippen molar-refractivity contribution in [2.24, 2.45) is 11.8 Å². The number of cyclic esters (lactones) is 1. The topological polar surface area (TPSA) is 138 Å². The molecule has 0 aromatic heterocycles. The van der Waals surface area contributed by atoms with Gasteiger partial charge in [-0.25, -0.2) is 0 Å². The highest BCUT2D eigenvalue weighted by molar-refractivity contribution is 9.11. The Balaban J connectivity index is 1.31. The fraction of sp³-hybridized carbons (Fsp3) is 0.474. The Morgan fingerprint density at radius 2 is 1.67 bits per heavy atom. The Bertz CT molecular complexity index is 1670. The number of nitrogens with zero attached hydrogens (tertiary/aromatic N) is 3. The molecular weight excluding hydrogens is 720 g/mol. The van der Waals surface area contributed by atoms with Crippen molar-refractivity contribution in [1.82, 2.24) is 20.0 Å². The lowest BCUT2D eigenvalue weighted by Gasteiger charge is -2.39. The average Bonchev–Trinajstić information content (AvgIpc) is 3.75. The highest BCUT2D eigenvalue weighted by atomic mass is 79.9. The first-order valence-corrected chi connectivity index (χ1v) is 18.4. The van der Waals surface area contributed by atoms with Crippen LogP contribution >= 0.6 is 15.9 Å². The molecule has 2 aromatic rings. The number of amides is 3. The summed E-state index contributed by atoms with van der Waals surface area (Å²) in [6, 6.07) is 16.2. The van der Waals surface area contributed by atoms with Crippen LogP contribution in [0.5, 0.6) is 0 Å². The summed E-state index contributed by atoms with van der Waals surface area (Å²) < 4.78 is 18.9. The van der Waals surface area contributed by atoms with E-state index in [0.29, 0.717) is 48.3 Å². The first-order valence-electron chi connectivity index (χ1n) is 17.6. The van der Waals surface area contributed by atoms with E-state index in [0.717, 1.165) is 13.1 Å². The summed E-state index contributed by atoms with van der Waals surface area (Å²) in [6.45, 7) is 3.46. The number of carbonyl (C=O) groups excluding carboxylic acids is 4. The molecule has 7 rings (SSSR count). The molecule has 2 aromatic carbocycles. The number of aliphatic hydroxyl groups is 1. The van der Waals surface area contributed by atoms with Crippen molar-refractivity contribution >= 4 is 39.6 Å². The van der Waals surface area contributed by atoms with Crippen LogP contribution in [0.25, 0.3) is 0 Å². The van der Waals surface area contributed by atoms with Crippen molar-refractivity contribution in [2.75, 3.05) is 59.1 Å². The summed E-state index contributed by atoms with van der Waals surface area (Å²) in [5.41, 5.74) is -0.166. The highest BCUT2D eigenvalue weighted by Crippen LogP contribution is 2.60. The molecule has 51 heavy (non-hydrogen) atoms. The summed E-state index contributed by atoms with van der Waals surface area (Å²) in [4.78, 5) is 62.7. The Morgan fingerprint density at radius 3 is 2.39 bits per heavy atom. The number of ether oxygens (including phenoxy) is 3. The number of halogens is 1. The first-order chi connectivity index (χ1) is 24.8. The molecule has 3 amide bonds. The lowest BCUT2D eigenvalue weighted by Crippen LogP contribution is -2.57. The van der Waals surface area contributed by atoms with E-state index < -0.39 is 60.2 Å². The number of esters is 1. The van der Waals surface area contributed by atoms with Gasteiger partial charge in [-0.3, -0.25) is 24.1 Å². The van der Waals surface area contributed by atoms with Crippen LogP contribution in [0.4, 0.5) is 0 Å². The number of benzene rings is 2. The second-order valence-corrected chi connectivity index (χ2v) is 14.5. The summed E-state index contributed by atoms with van der Waals surface area (Å²) >= 11 is 3.62. The largest absolute Gasteiger partial charge is 0.455 e. The van der Waals surface area contributed by atoms with Gasteiger partial charge in [-0.15, -0.1) is 0 Å². The first kappa shape index (κ1) is 35.5. The van der Waals surface area contributed by atoms with Crippen molar-refractivity contribution in [3.8, 4) is 0 Å². The summed E-state index contributed by atoms with van der Waals surface area (Å²) in [5.74, 6) is -3.88. The van der Waals surface area contributed by atoms with Gasteiger partial charge in [0.25, 0.3) is 0 Å². The Kier molecular flexibility index (Phi) is 10.7. The Morgan fingerprint density at radius 1 is 0.941 bits per heavy atom. The van der Waals surface area contributed by atoms with Gasteiger partial charge in [0.1, 0.15) is 29.8 Å². The van der Waals surface area contributed by atoms with Crippen LogP contribution in [0.3, 0.4) is 0 Å². The fourth-order valence-corrected chi connectivity index (χ4v) is 8.80. The molecule has 0 unspecified atom stereocenters. The van der Waals surface area contributed by atoms with E-state index in [2.05, 4.69) is 26.1 Å². The zero-order valence-corrected chi connectivity index (χ0v) is 29.9. The molecule has 0 aliphatic carbocycles. The zero-order valence-electron chi connectivity index (χ0n) is 28.3. The maximum absolute atomic E-state index is 15.1. The van der Waals surface area contributed by atoms with Crippen molar-refractivity contribution in [3.63, 3.8) is 0 Å². The number of rotatable bonds is 7. The summed E-state index contributed by atoms with van der Waals surface area (Å²) in [5, 5.41) is 13.8. The number of allylic oxidation sites excluding steroid dienone is 1. The normalized spacial score (nSPS) is 31.6. The Labute approximate surface area is 305 Å². The number of likely N-dealkylation sites (tertiary alicyclic amines) is 1. The van der Waals surface area contributed by atoms with Gasteiger partial charge in [0.05, 0.1) is 38.3 Å². The molecule has 270 valence electrons. The maximum atomic E-state index is 15.1. The molecule has 5 heterocycles. The van der Waals surface area contributed by atoms with Crippen LogP contribution in [0.15, 0.2) is 83.4 Å². The number of fused-ring (bicyclic) bond motifs is 2. The summed E-state index contributed by atoms with van der Waals surface area (Å²) in [7, 11) is 0. The standard InChI is InChI=1S/C38H43BrN4O8/c39-27-22-38-32-31(33(27)51-38)37(48)50-29(26-12-6-2-7-13-26)23-40-30(45)14-8-3-9-15-42(17-16-41-18-20-49-21-19-41)36(47)34(38)43(35(32)46)28(24-44)25-10-4-1-5-11-25/h1-7,9-13,22,28-29,31-34,44H,8,14-21,23-24H2,(H,40,45)/b9-3-/t28-,29-,31-,32+,33-,34-,38+/m1/s1. The van der Waals surface area contributed by atoms with Gasteiger partial charge >= 0.3 is 5.97 Å². The molecule has 5 aliphatic rings. The molecule has 1 spiro atoms. The van der Waals surface area contributed by atoms with Crippen LogP contribution in [0, 0.1) is 11.8 Å². The van der Waals surface area contributed by atoms with Gasteiger partial charge < -0.3 is 34.4 Å². The lowest BCUT2D eigenvalue weighted by molar-refractivity contribution is -0.160. The maximum Gasteiger partial charge on any atom is 0.313 e. The minimum Gasteiger partial charge on any atom is -0.455 e. The van der Waals surface area contributed by atoms with E-state index in [1.807, 2.05) is 72.8 Å². The van der Waals surface area contributed by atoms with Crippen molar-refractivity contribution < 1.29 is 38.5 Å². The van der Waals surface area contributed by atoms with E-state index in [1.54, 1.807) is 11.0 Å². The quantitative estimate of drug-likeness (QED) is 0.322. The van der Waals surface area contributed by atoms with Gasteiger partial charge in [0.15, 0.2) is 0 Å². The van der Waals surface area contributed by atoms with Gasteiger partial charge in [0, 0.05) is 43.6 Å². The number of nitrogens with one attached hydrogen (secondary N) is 1. The van der Waals surface area contributed by atoms with E-state index in [9.17, 15) is 19.5 Å². The van der Waals surface area contributed by atoms with Crippen molar-refractivity contribution in [2.45, 2.75) is 42.7 Å². The molecule has 5 aliphatic heterocycles. The van der Waals surface area contributed by atoms with E-state index in [-0.39, 0.29) is 31.3 Å². The molecule has 3 saturated heterocycles. The number of morpholine rings is 1. The van der Waals surface area contributed by atoms with Gasteiger partial charge in [0.2, 0.25) is 17.7 Å². The highest BCUT2D eigenvalue weighted by Gasteiger charge is 2.75. The minimum atomic E-state index is -1.51. The number of aliphatic hydroxyl groups excluding tert-OH is 1. The van der Waals surface area contributed by atoms with E-state index >= 15 is 4.79 Å². The number of hydrogen-bond acceptors (Lipinski definition) is 9. The van der Waals surface area contributed by atoms with Crippen LogP contribution in [-0.4, -0.2) is 120 Å². The smallest absolute Gasteiger partial charge is 0.313 e. The monoisotopic (exact) mass is 762 g/mol. The van der Waals surface area contributed by atoms with E-state index in [1.165, 1.54) is 4.90 Å². The van der Waals surface area contributed by atoms with Crippen LogP contribution in [0.1, 0.15) is 36.1 Å². The lowest BCUT2D eigenvalue weighted by atomic mass is 9.74. The van der Waals surface area contributed by atoms with Crippen molar-refractivity contribution in [1.29, 1.82) is 0 Å². The fourth-order valence-electron chi connectivity index (χ4n) is 8.07. The van der Waals surface area contributed by atoms with Crippen LogP contribution in [0.2, 0.25) is 0 Å². The molecule has 0 saturated carbocycles. The third-order valence-electron chi connectivity index (χ3n) is 10.6. The van der Waals surface area contributed by atoms with Crippen LogP contribution in [-0.2, 0) is 33.4 Å². The van der Waals surface area contributed by atoms with Gasteiger partial charge in [-0.1, -0.05) is 88.7 Å². The van der Waals surface area contributed by atoms with E-state index in [4.69, 9.17) is 14.2 Å². The Hall–Kier alpha value is -3.88. The zero-order chi connectivity index (χ0) is 35.5. The number of carbonyl (C=O) groups is 4. The predicted octanol–water partition coefficient (Wildman–Crippen LogP) is 2.50. The third-order valence-corrected chi connectivity index (χ3v) is 11.3. The second kappa shape index (κ2) is 15.4. The summed E-state index contributed by atoms with van der Waals surface area (Å²) in [6.07, 6.45) is 4.49. The van der Waals surface area contributed by atoms with Crippen molar-refractivity contribution in [3.05, 3.63) is 94.5 Å².